The topological polar surface area (TPSA) is 78.8 Å². The molecule has 4 amide bonds. The SMILES string of the molecule is Cc1ccccc1N1C(=O)NC(=O)[C@H](C=Nc2ccc(Br)c(Cl)c2)C1=O. The molecule has 1 fully saturated rings. The molecule has 132 valence electrons. The van der Waals surface area contributed by atoms with Crippen LogP contribution in [0.1, 0.15) is 5.56 Å². The summed E-state index contributed by atoms with van der Waals surface area (Å²) in [6.07, 6.45) is 1.22. The van der Waals surface area contributed by atoms with Gasteiger partial charge < -0.3 is 0 Å². The van der Waals surface area contributed by atoms with Crippen LogP contribution in [0.4, 0.5) is 16.2 Å². The van der Waals surface area contributed by atoms with Gasteiger partial charge in [-0.25, -0.2) is 9.69 Å². The van der Waals surface area contributed by atoms with Crippen molar-refractivity contribution in [2.75, 3.05) is 4.90 Å². The lowest BCUT2D eigenvalue weighted by atomic mass is 10.0. The molecular formula is C18H13BrClN3O3. The number of anilines is 1. The smallest absolute Gasteiger partial charge is 0.276 e. The molecule has 2 aromatic carbocycles. The van der Waals surface area contributed by atoms with Crippen molar-refractivity contribution in [1.29, 1.82) is 0 Å². The van der Waals surface area contributed by atoms with E-state index in [1.54, 1.807) is 49.4 Å². The quantitative estimate of drug-likeness (QED) is 0.585. The molecule has 0 aliphatic carbocycles. The van der Waals surface area contributed by atoms with E-state index in [9.17, 15) is 14.4 Å². The number of amides is 4. The van der Waals surface area contributed by atoms with Gasteiger partial charge in [-0.3, -0.25) is 19.9 Å². The molecule has 1 aliphatic heterocycles. The lowest BCUT2D eigenvalue weighted by molar-refractivity contribution is -0.131. The molecule has 0 unspecified atom stereocenters. The number of imide groups is 2. The maximum Gasteiger partial charge on any atom is 0.335 e. The molecule has 0 radical (unpaired) electrons. The Hall–Kier alpha value is -2.51. The van der Waals surface area contributed by atoms with Crippen LogP contribution in [-0.2, 0) is 9.59 Å². The number of rotatable bonds is 3. The summed E-state index contributed by atoms with van der Waals surface area (Å²) in [7, 11) is 0. The second-order valence-corrected chi connectivity index (χ2v) is 6.87. The van der Waals surface area contributed by atoms with Gasteiger partial charge in [0.25, 0.3) is 5.91 Å². The number of aliphatic imine (C=N–C) groups is 1. The largest absolute Gasteiger partial charge is 0.335 e. The first-order chi connectivity index (χ1) is 12.4. The average Bonchev–Trinajstić information content (AvgIpc) is 2.59. The van der Waals surface area contributed by atoms with Gasteiger partial charge in [-0.1, -0.05) is 29.8 Å². The molecule has 26 heavy (non-hydrogen) atoms. The number of carbonyl (C=O) groups excluding carboxylic acids is 3. The van der Waals surface area contributed by atoms with Gasteiger partial charge in [0.2, 0.25) is 5.91 Å². The lowest BCUT2D eigenvalue weighted by Gasteiger charge is -2.29. The van der Waals surface area contributed by atoms with Gasteiger partial charge in [-0.15, -0.1) is 0 Å². The highest BCUT2D eigenvalue weighted by atomic mass is 79.9. The Morgan fingerprint density at radius 1 is 1.19 bits per heavy atom. The van der Waals surface area contributed by atoms with E-state index in [-0.39, 0.29) is 0 Å². The summed E-state index contributed by atoms with van der Waals surface area (Å²) in [6, 6.07) is 11.1. The second-order valence-electron chi connectivity index (χ2n) is 5.61. The van der Waals surface area contributed by atoms with Crippen LogP contribution < -0.4 is 10.2 Å². The minimum absolute atomic E-state index is 0.424. The minimum atomic E-state index is -1.21. The van der Waals surface area contributed by atoms with Crippen molar-refractivity contribution in [3.63, 3.8) is 0 Å². The summed E-state index contributed by atoms with van der Waals surface area (Å²) in [4.78, 5) is 42.2. The monoisotopic (exact) mass is 433 g/mol. The van der Waals surface area contributed by atoms with Crippen LogP contribution in [0.3, 0.4) is 0 Å². The first-order valence-electron chi connectivity index (χ1n) is 7.62. The second kappa shape index (κ2) is 7.39. The molecule has 1 N–H and O–H groups in total. The zero-order chi connectivity index (χ0) is 18.8. The third-order valence-electron chi connectivity index (χ3n) is 3.83. The van der Waals surface area contributed by atoms with Crippen LogP contribution in [0.2, 0.25) is 5.02 Å². The average molecular weight is 435 g/mol. The molecule has 0 bridgehead atoms. The summed E-state index contributed by atoms with van der Waals surface area (Å²) in [5.74, 6) is -2.58. The maximum absolute atomic E-state index is 12.8. The molecule has 6 nitrogen and oxygen atoms in total. The highest BCUT2D eigenvalue weighted by Crippen LogP contribution is 2.28. The van der Waals surface area contributed by atoms with E-state index in [0.29, 0.717) is 20.9 Å². The fraction of sp³-hybridized carbons (Fsp3) is 0.111. The Morgan fingerprint density at radius 2 is 1.92 bits per heavy atom. The number of benzene rings is 2. The molecule has 3 rings (SSSR count). The standard InChI is InChI=1S/C18H13BrClN3O3/c1-10-4-2-3-5-15(10)23-17(25)12(16(24)22-18(23)26)9-21-11-6-7-13(19)14(20)8-11/h2-9,12H,1H3,(H,22,24,26)/t12-/m0/s1. The summed E-state index contributed by atoms with van der Waals surface area (Å²) in [6.45, 7) is 1.78. The summed E-state index contributed by atoms with van der Waals surface area (Å²) >= 11 is 9.29. The number of hydrogen-bond donors (Lipinski definition) is 1. The van der Waals surface area contributed by atoms with Gasteiger partial charge >= 0.3 is 6.03 Å². The molecule has 0 saturated carbocycles. The van der Waals surface area contributed by atoms with Crippen LogP contribution in [0.5, 0.6) is 0 Å². The molecule has 1 saturated heterocycles. The Kier molecular flexibility index (Phi) is 5.20. The summed E-state index contributed by atoms with van der Waals surface area (Å²) in [5, 5.41) is 2.65. The van der Waals surface area contributed by atoms with E-state index < -0.39 is 23.8 Å². The van der Waals surface area contributed by atoms with Gasteiger partial charge in [-0.2, -0.15) is 0 Å². The number of aryl methyl sites for hydroxylation is 1. The van der Waals surface area contributed by atoms with Crippen molar-refractivity contribution in [3.05, 3.63) is 57.5 Å². The summed E-state index contributed by atoms with van der Waals surface area (Å²) in [5.41, 5.74) is 1.64. The number of urea groups is 1. The van der Waals surface area contributed by atoms with Crippen molar-refractivity contribution in [2.45, 2.75) is 6.92 Å². The zero-order valence-electron chi connectivity index (χ0n) is 13.6. The van der Waals surface area contributed by atoms with Gasteiger partial charge in [0, 0.05) is 10.7 Å². The normalized spacial score (nSPS) is 17.7. The van der Waals surface area contributed by atoms with E-state index in [2.05, 4.69) is 26.2 Å². The molecule has 0 spiro atoms. The predicted molar refractivity (Wildman–Crippen MR) is 103 cm³/mol. The number of nitrogens with one attached hydrogen (secondary N) is 1. The first kappa shape index (κ1) is 18.3. The number of carbonyl (C=O) groups is 3. The van der Waals surface area contributed by atoms with Crippen molar-refractivity contribution in [3.8, 4) is 0 Å². The number of halogens is 2. The fourth-order valence-electron chi connectivity index (χ4n) is 2.49. The van der Waals surface area contributed by atoms with Gasteiger partial charge in [0.15, 0.2) is 5.92 Å². The molecule has 2 aromatic rings. The van der Waals surface area contributed by atoms with E-state index in [0.717, 1.165) is 10.5 Å². The van der Waals surface area contributed by atoms with Crippen LogP contribution in [0.15, 0.2) is 51.9 Å². The Balaban J connectivity index is 1.91. The molecule has 1 heterocycles. The van der Waals surface area contributed by atoms with Gasteiger partial charge in [0.1, 0.15) is 0 Å². The maximum atomic E-state index is 12.8. The molecule has 8 heteroatoms. The van der Waals surface area contributed by atoms with E-state index in [1.807, 2.05) is 0 Å². The molecular weight excluding hydrogens is 422 g/mol. The molecule has 1 atom stereocenters. The Morgan fingerprint density at radius 3 is 2.62 bits per heavy atom. The zero-order valence-corrected chi connectivity index (χ0v) is 15.9. The minimum Gasteiger partial charge on any atom is -0.276 e. The van der Waals surface area contributed by atoms with Crippen LogP contribution in [-0.4, -0.2) is 24.1 Å². The highest BCUT2D eigenvalue weighted by molar-refractivity contribution is 9.10. The molecule has 1 aliphatic rings. The third-order valence-corrected chi connectivity index (χ3v) is 5.07. The Bertz CT molecular complexity index is 945. The van der Waals surface area contributed by atoms with Crippen LogP contribution >= 0.6 is 27.5 Å². The van der Waals surface area contributed by atoms with E-state index >= 15 is 0 Å². The van der Waals surface area contributed by atoms with Crippen molar-refractivity contribution >= 4 is 63.0 Å². The Labute approximate surface area is 163 Å². The third kappa shape index (κ3) is 3.54. The van der Waals surface area contributed by atoms with Crippen molar-refractivity contribution in [1.82, 2.24) is 5.32 Å². The number of hydrogen-bond acceptors (Lipinski definition) is 4. The predicted octanol–water partition coefficient (Wildman–Crippen LogP) is 4.01. The first-order valence-corrected chi connectivity index (χ1v) is 8.79. The number of nitrogens with zero attached hydrogens (tertiary/aromatic N) is 2. The lowest BCUT2D eigenvalue weighted by Crippen LogP contribution is -2.58. The van der Waals surface area contributed by atoms with Gasteiger partial charge in [0.05, 0.1) is 16.4 Å². The highest BCUT2D eigenvalue weighted by Gasteiger charge is 2.40. The molecule has 0 aromatic heterocycles. The number of barbiturate groups is 1. The van der Waals surface area contributed by atoms with Crippen molar-refractivity contribution < 1.29 is 14.4 Å². The van der Waals surface area contributed by atoms with Crippen LogP contribution in [0, 0.1) is 12.8 Å². The van der Waals surface area contributed by atoms with Crippen LogP contribution in [0.25, 0.3) is 0 Å². The van der Waals surface area contributed by atoms with E-state index in [1.165, 1.54) is 6.21 Å². The number of para-hydroxylation sites is 1. The fourth-order valence-corrected chi connectivity index (χ4v) is 2.91. The summed E-state index contributed by atoms with van der Waals surface area (Å²) < 4.78 is 0.709. The van der Waals surface area contributed by atoms with Gasteiger partial charge in [-0.05, 0) is 52.7 Å². The van der Waals surface area contributed by atoms with E-state index in [4.69, 9.17) is 11.6 Å². The van der Waals surface area contributed by atoms with Crippen molar-refractivity contribution in [2.24, 2.45) is 10.9 Å².